The second-order valence-electron chi connectivity index (χ2n) is 12.7. The number of carboxylic acid groups (broad SMARTS) is 1. The molecule has 4 aromatic rings. The number of aromatic nitrogens is 3. The van der Waals surface area contributed by atoms with Gasteiger partial charge in [0.1, 0.15) is 11.6 Å². The maximum atomic E-state index is 13.1. The lowest BCUT2D eigenvalue weighted by Gasteiger charge is -2.19. The van der Waals surface area contributed by atoms with Crippen molar-refractivity contribution in [2.24, 2.45) is 5.92 Å². The second kappa shape index (κ2) is 13.0. The van der Waals surface area contributed by atoms with E-state index in [1.165, 1.54) is 24.0 Å². The zero-order valence-corrected chi connectivity index (χ0v) is 25.8. The predicted octanol–water partition coefficient (Wildman–Crippen LogP) is 6.67. The molecule has 1 aliphatic rings. The Hall–Kier alpha value is -4.13. The van der Waals surface area contributed by atoms with Gasteiger partial charge in [0, 0.05) is 18.5 Å². The Morgan fingerprint density at radius 2 is 1.72 bits per heavy atom. The van der Waals surface area contributed by atoms with Crippen LogP contribution in [0.15, 0.2) is 71.5 Å². The molecular weight excluding hydrogens is 538 g/mol. The molecule has 1 fully saturated rings. The van der Waals surface area contributed by atoms with E-state index in [4.69, 9.17) is 9.84 Å². The van der Waals surface area contributed by atoms with Gasteiger partial charge in [-0.3, -0.25) is 9.36 Å². The quantitative estimate of drug-likeness (QED) is 0.191. The Labute approximate surface area is 254 Å². The second-order valence-corrected chi connectivity index (χ2v) is 12.7. The first-order valence-corrected chi connectivity index (χ1v) is 15.4. The van der Waals surface area contributed by atoms with Crippen LogP contribution in [0.25, 0.3) is 11.1 Å². The maximum absolute atomic E-state index is 13.1. The van der Waals surface area contributed by atoms with Crippen LogP contribution in [0.5, 0.6) is 5.75 Å². The molecule has 1 saturated carbocycles. The number of benzene rings is 3. The lowest BCUT2D eigenvalue weighted by molar-refractivity contribution is -0.136. The summed E-state index contributed by atoms with van der Waals surface area (Å²) in [6.45, 7) is 10.3. The molecule has 226 valence electrons. The minimum absolute atomic E-state index is 0.0679. The van der Waals surface area contributed by atoms with E-state index in [1.807, 2.05) is 31.2 Å². The van der Waals surface area contributed by atoms with E-state index < -0.39 is 5.97 Å². The van der Waals surface area contributed by atoms with Crippen molar-refractivity contribution in [2.75, 3.05) is 6.61 Å². The zero-order valence-electron chi connectivity index (χ0n) is 25.8. The van der Waals surface area contributed by atoms with Crippen LogP contribution in [0.4, 0.5) is 0 Å². The van der Waals surface area contributed by atoms with Gasteiger partial charge in [-0.1, -0.05) is 75.4 Å². The van der Waals surface area contributed by atoms with Gasteiger partial charge < -0.3 is 9.84 Å². The van der Waals surface area contributed by atoms with E-state index in [2.05, 4.69) is 63.2 Å². The van der Waals surface area contributed by atoms with Gasteiger partial charge in [-0.2, -0.15) is 5.10 Å². The summed E-state index contributed by atoms with van der Waals surface area (Å²) in [4.78, 5) is 24.6. The summed E-state index contributed by atoms with van der Waals surface area (Å²) in [5.74, 6) is 1.21. The molecule has 1 aromatic heterocycles. The van der Waals surface area contributed by atoms with Crippen molar-refractivity contribution < 1.29 is 14.6 Å². The molecule has 0 radical (unpaired) electrons. The third-order valence-corrected chi connectivity index (χ3v) is 8.17. The molecule has 0 spiro atoms. The van der Waals surface area contributed by atoms with Crippen LogP contribution in [0.3, 0.4) is 0 Å². The highest BCUT2D eigenvalue weighted by Crippen LogP contribution is 2.32. The molecule has 7 nitrogen and oxygen atoms in total. The molecule has 7 heteroatoms. The molecule has 1 N–H and O–H groups in total. The molecule has 43 heavy (non-hydrogen) atoms. The summed E-state index contributed by atoms with van der Waals surface area (Å²) >= 11 is 0. The molecule has 0 atom stereocenters. The first-order valence-electron chi connectivity index (χ1n) is 15.4. The summed E-state index contributed by atoms with van der Waals surface area (Å²) in [6.07, 6.45) is 4.71. The van der Waals surface area contributed by atoms with Gasteiger partial charge in [0.15, 0.2) is 0 Å². The highest BCUT2D eigenvalue weighted by atomic mass is 16.5. The van der Waals surface area contributed by atoms with E-state index in [9.17, 15) is 14.7 Å². The van der Waals surface area contributed by atoms with E-state index in [1.54, 1.807) is 9.25 Å². The van der Waals surface area contributed by atoms with Gasteiger partial charge in [0.05, 0.1) is 19.6 Å². The van der Waals surface area contributed by atoms with Crippen LogP contribution in [-0.2, 0) is 42.6 Å². The summed E-state index contributed by atoms with van der Waals surface area (Å²) < 4.78 is 9.31. The predicted molar refractivity (Wildman–Crippen MR) is 170 cm³/mol. The van der Waals surface area contributed by atoms with Gasteiger partial charge in [0.2, 0.25) is 0 Å². The van der Waals surface area contributed by atoms with Crippen LogP contribution in [0.2, 0.25) is 0 Å². The van der Waals surface area contributed by atoms with Crippen LogP contribution in [-0.4, -0.2) is 32.0 Å². The van der Waals surface area contributed by atoms with Crippen molar-refractivity contribution in [3.8, 4) is 16.9 Å². The SMILES string of the molecule is CCn1c(CCCc2cccc(-c3ccc(OCC4CC4)c(CC(=O)O)c3)c2)nn(Cc2ccc(C(C)(C)C)cc2)c1=O. The summed E-state index contributed by atoms with van der Waals surface area (Å²) in [6, 6.07) is 22.7. The van der Waals surface area contributed by atoms with Crippen molar-refractivity contribution in [1.29, 1.82) is 0 Å². The average molecular weight is 582 g/mol. The lowest BCUT2D eigenvalue weighted by Crippen LogP contribution is -2.25. The fourth-order valence-electron chi connectivity index (χ4n) is 5.42. The molecule has 5 rings (SSSR count). The van der Waals surface area contributed by atoms with Gasteiger partial charge in [-0.15, -0.1) is 0 Å². The molecule has 0 amide bonds. The first kappa shape index (κ1) is 30.3. The van der Waals surface area contributed by atoms with Crippen LogP contribution in [0.1, 0.15) is 75.0 Å². The first-order chi connectivity index (χ1) is 20.6. The van der Waals surface area contributed by atoms with Gasteiger partial charge in [0.25, 0.3) is 0 Å². The van der Waals surface area contributed by atoms with Crippen molar-refractivity contribution >= 4 is 5.97 Å². The topological polar surface area (TPSA) is 86.3 Å². The fraction of sp³-hybridized carbons (Fsp3) is 0.417. The minimum atomic E-state index is -0.867. The normalized spacial score (nSPS) is 13.3. The van der Waals surface area contributed by atoms with Crippen LogP contribution < -0.4 is 10.4 Å². The van der Waals surface area contributed by atoms with E-state index in [-0.39, 0.29) is 17.5 Å². The van der Waals surface area contributed by atoms with Crippen LogP contribution >= 0.6 is 0 Å². The monoisotopic (exact) mass is 581 g/mol. The zero-order chi connectivity index (χ0) is 30.6. The Kier molecular flexibility index (Phi) is 9.19. The number of carboxylic acids is 1. The van der Waals surface area contributed by atoms with Gasteiger partial charge in [-0.05, 0) is 83.9 Å². The molecule has 1 aliphatic carbocycles. The van der Waals surface area contributed by atoms with Crippen LogP contribution in [0, 0.1) is 5.92 Å². The lowest BCUT2D eigenvalue weighted by atomic mass is 9.87. The number of ether oxygens (including phenoxy) is 1. The van der Waals surface area contributed by atoms with Crippen molar-refractivity contribution in [3.63, 3.8) is 0 Å². The third kappa shape index (κ3) is 7.83. The van der Waals surface area contributed by atoms with E-state index in [0.29, 0.717) is 43.3 Å². The van der Waals surface area contributed by atoms with E-state index in [0.717, 1.165) is 35.4 Å². The number of aryl methyl sites for hydroxylation is 2. The number of hydrogen-bond acceptors (Lipinski definition) is 4. The Bertz CT molecular complexity index is 1620. The molecule has 3 aromatic carbocycles. The fourth-order valence-corrected chi connectivity index (χ4v) is 5.42. The van der Waals surface area contributed by atoms with Gasteiger partial charge >= 0.3 is 11.7 Å². The third-order valence-electron chi connectivity index (χ3n) is 8.17. The Morgan fingerprint density at radius 3 is 2.40 bits per heavy atom. The highest BCUT2D eigenvalue weighted by Gasteiger charge is 2.23. The summed E-state index contributed by atoms with van der Waals surface area (Å²) in [5, 5.41) is 14.2. The minimum Gasteiger partial charge on any atom is -0.493 e. The number of nitrogens with zero attached hydrogens (tertiary/aromatic N) is 3. The average Bonchev–Trinajstić information content (AvgIpc) is 3.75. The smallest absolute Gasteiger partial charge is 0.346 e. The molecule has 0 unspecified atom stereocenters. The molecular formula is C36H43N3O4. The summed E-state index contributed by atoms with van der Waals surface area (Å²) in [5.41, 5.74) is 6.27. The number of carbonyl (C=O) groups is 1. The molecule has 0 saturated heterocycles. The van der Waals surface area contributed by atoms with Crippen molar-refractivity contribution in [2.45, 2.75) is 84.7 Å². The number of aliphatic carboxylic acids is 1. The maximum Gasteiger partial charge on any atom is 0.346 e. The largest absolute Gasteiger partial charge is 0.493 e. The van der Waals surface area contributed by atoms with Gasteiger partial charge in [-0.25, -0.2) is 9.48 Å². The van der Waals surface area contributed by atoms with E-state index >= 15 is 0 Å². The van der Waals surface area contributed by atoms with Crippen molar-refractivity contribution in [3.05, 3.63) is 105 Å². The highest BCUT2D eigenvalue weighted by molar-refractivity contribution is 5.74. The standard InChI is InChI=1S/C36H43N3O4/c1-5-38-33(37-39(35(38)42)23-26-14-17-31(18-15-26)36(2,3)4)11-7-9-25-8-6-10-28(20-25)29-16-19-32(43-24-27-12-13-27)30(21-29)22-34(40)41/h6,8,10,14-21,27H,5,7,9,11-13,22-24H2,1-4H3,(H,40,41). The Balaban J connectivity index is 1.25. The number of hydrogen-bond donors (Lipinski definition) is 1. The molecule has 0 bridgehead atoms. The number of rotatable bonds is 13. The molecule has 0 aliphatic heterocycles. The molecule has 1 heterocycles. The van der Waals surface area contributed by atoms with Crippen molar-refractivity contribution in [1.82, 2.24) is 14.3 Å². The Morgan fingerprint density at radius 1 is 0.977 bits per heavy atom. The summed E-state index contributed by atoms with van der Waals surface area (Å²) in [7, 11) is 0.